The van der Waals surface area contributed by atoms with Gasteiger partial charge >= 0.3 is 0 Å². The summed E-state index contributed by atoms with van der Waals surface area (Å²) in [6.07, 6.45) is -1.49. The minimum absolute atomic E-state index is 0.0191. The number of aliphatic hydroxyl groups excluding tert-OH is 4. The van der Waals surface area contributed by atoms with Gasteiger partial charge in [-0.3, -0.25) is 4.57 Å². The van der Waals surface area contributed by atoms with E-state index in [-0.39, 0.29) is 12.6 Å². The molecule has 11 nitrogen and oxygen atoms in total. The van der Waals surface area contributed by atoms with Crippen molar-refractivity contribution in [1.82, 2.24) is 19.5 Å². The molecular formula is C14H22N6O5. The molecule has 11 heteroatoms. The van der Waals surface area contributed by atoms with E-state index in [2.05, 4.69) is 20.3 Å². The predicted octanol–water partition coefficient (Wildman–Crippen LogP) is -1.80. The number of rotatable bonds is 7. The Hall–Kier alpha value is -2.05. The molecular weight excluding hydrogens is 332 g/mol. The zero-order valence-electron chi connectivity index (χ0n) is 13.5. The molecule has 7 N–H and O–H groups in total. The van der Waals surface area contributed by atoms with Crippen LogP contribution >= 0.6 is 0 Å². The fourth-order valence-electron chi connectivity index (χ4n) is 2.80. The fourth-order valence-corrected chi connectivity index (χ4v) is 2.80. The fraction of sp³-hybridized carbons (Fsp3) is 0.643. The maximum Gasteiger partial charge on any atom is 0.224 e. The molecule has 3 heterocycles. The van der Waals surface area contributed by atoms with Gasteiger partial charge in [0.05, 0.1) is 12.9 Å². The molecule has 0 aliphatic carbocycles. The molecule has 0 aromatic carbocycles. The number of nitrogen functional groups attached to an aromatic ring is 1. The van der Waals surface area contributed by atoms with Crippen molar-refractivity contribution in [2.75, 3.05) is 30.8 Å². The first-order valence-electron chi connectivity index (χ1n) is 8.04. The third-order valence-corrected chi connectivity index (χ3v) is 4.11. The number of aliphatic hydroxyl groups is 4. The molecule has 0 bridgehead atoms. The monoisotopic (exact) mass is 354 g/mol. The lowest BCUT2D eigenvalue weighted by Crippen LogP contribution is -2.33. The second-order valence-corrected chi connectivity index (χ2v) is 5.84. The SMILES string of the molecule is Nc1nc(NCCCCO)c2ncn(C3O[C@H](CO)[C@@H](O)[C@H]3O)c2n1. The van der Waals surface area contributed by atoms with Crippen LogP contribution in [-0.2, 0) is 4.74 Å². The molecule has 0 saturated carbocycles. The molecule has 25 heavy (non-hydrogen) atoms. The van der Waals surface area contributed by atoms with Crippen LogP contribution in [0, 0.1) is 0 Å². The Balaban J connectivity index is 1.89. The van der Waals surface area contributed by atoms with Crippen molar-refractivity contribution in [1.29, 1.82) is 0 Å². The van der Waals surface area contributed by atoms with Crippen molar-refractivity contribution < 1.29 is 25.2 Å². The molecule has 3 rings (SSSR count). The molecule has 138 valence electrons. The van der Waals surface area contributed by atoms with E-state index in [1.54, 1.807) is 0 Å². The maximum absolute atomic E-state index is 10.2. The van der Waals surface area contributed by atoms with Gasteiger partial charge in [0.25, 0.3) is 0 Å². The largest absolute Gasteiger partial charge is 0.396 e. The van der Waals surface area contributed by atoms with Gasteiger partial charge in [0, 0.05) is 13.2 Å². The van der Waals surface area contributed by atoms with Crippen molar-refractivity contribution in [2.24, 2.45) is 0 Å². The molecule has 1 saturated heterocycles. The van der Waals surface area contributed by atoms with E-state index in [9.17, 15) is 15.3 Å². The molecule has 1 unspecified atom stereocenters. The van der Waals surface area contributed by atoms with Crippen LogP contribution in [0.1, 0.15) is 19.1 Å². The van der Waals surface area contributed by atoms with Crippen LogP contribution in [0.2, 0.25) is 0 Å². The van der Waals surface area contributed by atoms with Crippen molar-refractivity contribution >= 4 is 22.9 Å². The minimum Gasteiger partial charge on any atom is -0.396 e. The summed E-state index contributed by atoms with van der Waals surface area (Å²) in [4.78, 5) is 12.5. The van der Waals surface area contributed by atoms with Gasteiger partial charge in [0.1, 0.15) is 18.3 Å². The summed E-state index contributed by atoms with van der Waals surface area (Å²) in [5, 5.41) is 41.2. The average Bonchev–Trinajstić information content (AvgIpc) is 3.13. The van der Waals surface area contributed by atoms with E-state index in [0.29, 0.717) is 29.9 Å². The lowest BCUT2D eigenvalue weighted by atomic mass is 10.1. The summed E-state index contributed by atoms with van der Waals surface area (Å²) in [7, 11) is 0. The molecule has 1 aliphatic rings. The van der Waals surface area contributed by atoms with E-state index in [1.165, 1.54) is 10.9 Å². The summed E-state index contributed by atoms with van der Waals surface area (Å²) >= 11 is 0. The third-order valence-electron chi connectivity index (χ3n) is 4.11. The standard InChI is InChI=1S/C14H22N6O5/c15-14-18-11(16-3-1-2-4-21)8-12(19-14)20(6-17-8)13-10(24)9(23)7(5-22)25-13/h6-7,9-10,13,21-24H,1-5H2,(H3,15,16,18,19)/t7-,9-,10-,13?/m1/s1. The third kappa shape index (κ3) is 3.37. The Morgan fingerprint density at radius 2 is 2.00 bits per heavy atom. The van der Waals surface area contributed by atoms with Crippen LogP contribution in [0.3, 0.4) is 0 Å². The van der Waals surface area contributed by atoms with E-state index in [0.717, 1.165) is 6.42 Å². The number of nitrogens with two attached hydrogens (primary N) is 1. The normalized spacial score (nSPS) is 26.4. The first-order chi connectivity index (χ1) is 12.1. The molecule has 1 fully saturated rings. The number of hydrogen-bond acceptors (Lipinski definition) is 10. The molecule has 0 spiro atoms. The molecule has 2 aromatic heterocycles. The Kier molecular flexibility index (Phi) is 5.30. The number of nitrogens with zero attached hydrogens (tertiary/aromatic N) is 4. The summed E-state index contributed by atoms with van der Waals surface area (Å²) in [5.74, 6) is 0.455. The van der Waals surface area contributed by atoms with Crippen LogP contribution < -0.4 is 11.1 Å². The zero-order valence-corrected chi connectivity index (χ0v) is 13.5. The number of anilines is 2. The van der Waals surface area contributed by atoms with Crippen LogP contribution in [0.25, 0.3) is 11.2 Å². The average molecular weight is 354 g/mol. The predicted molar refractivity (Wildman–Crippen MR) is 87.6 cm³/mol. The topological polar surface area (TPSA) is 172 Å². The Morgan fingerprint density at radius 3 is 2.68 bits per heavy atom. The van der Waals surface area contributed by atoms with Gasteiger partial charge in [-0.1, -0.05) is 0 Å². The van der Waals surface area contributed by atoms with Crippen LogP contribution in [0.15, 0.2) is 6.33 Å². The quantitative estimate of drug-likeness (QED) is 0.312. The minimum atomic E-state index is -1.24. The van der Waals surface area contributed by atoms with Crippen LogP contribution in [0.4, 0.5) is 11.8 Å². The Labute approximate surface area is 143 Å². The van der Waals surface area contributed by atoms with E-state index >= 15 is 0 Å². The molecule has 1 aliphatic heterocycles. The summed E-state index contributed by atoms with van der Waals surface area (Å²) < 4.78 is 6.96. The van der Waals surface area contributed by atoms with Gasteiger partial charge in [-0.15, -0.1) is 0 Å². The molecule has 0 radical (unpaired) electrons. The second kappa shape index (κ2) is 7.45. The van der Waals surface area contributed by atoms with Crippen molar-refractivity contribution in [2.45, 2.75) is 37.4 Å². The van der Waals surface area contributed by atoms with Crippen LogP contribution in [-0.4, -0.2) is 78.0 Å². The Morgan fingerprint density at radius 1 is 1.20 bits per heavy atom. The van der Waals surface area contributed by atoms with Crippen LogP contribution in [0.5, 0.6) is 0 Å². The van der Waals surface area contributed by atoms with Gasteiger partial charge in [-0.25, -0.2) is 4.98 Å². The van der Waals surface area contributed by atoms with Crippen molar-refractivity contribution in [3.05, 3.63) is 6.33 Å². The first-order valence-corrected chi connectivity index (χ1v) is 8.04. The summed E-state index contributed by atoms with van der Waals surface area (Å²) in [5.41, 5.74) is 6.54. The van der Waals surface area contributed by atoms with Gasteiger partial charge in [-0.2, -0.15) is 9.97 Å². The highest BCUT2D eigenvalue weighted by Gasteiger charge is 2.44. The number of ether oxygens (including phenoxy) is 1. The number of nitrogens with one attached hydrogen (secondary N) is 1. The Bertz CT molecular complexity index is 725. The van der Waals surface area contributed by atoms with Gasteiger partial charge in [0.2, 0.25) is 5.95 Å². The van der Waals surface area contributed by atoms with E-state index in [1.807, 2.05) is 0 Å². The molecule has 2 aromatic rings. The lowest BCUT2D eigenvalue weighted by Gasteiger charge is -2.16. The summed E-state index contributed by atoms with van der Waals surface area (Å²) in [6.45, 7) is 0.270. The number of aromatic nitrogens is 4. The van der Waals surface area contributed by atoms with Gasteiger partial charge in [0.15, 0.2) is 23.2 Å². The highest BCUT2D eigenvalue weighted by Crippen LogP contribution is 2.32. The van der Waals surface area contributed by atoms with E-state index < -0.39 is 31.1 Å². The zero-order chi connectivity index (χ0) is 18.0. The maximum atomic E-state index is 10.2. The van der Waals surface area contributed by atoms with Gasteiger partial charge in [-0.05, 0) is 12.8 Å². The number of hydrogen-bond donors (Lipinski definition) is 6. The molecule has 0 amide bonds. The molecule has 4 atom stereocenters. The summed E-state index contributed by atoms with van der Waals surface area (Å²) in [6, 6.07) is 0. The van der Waals surface area contributed by atoms with Gasteiger partial charge < -0.3 is 36.2 Å². The lowest BCUT2D eigenvalue weighted by molar-refractivity contribution is -0.0511. The second-order valence-electron chi connectivity index (χ2n) is 5.84. The van der Waals surface area contributed by atoms with E-state index in [4.69, 9.17) is 15.6 Å². The number of imidazole rings is 1. The number of unbranched alkanes of at least 4 members (excludes halogenated alkanes) is 1. The highest BCUT2D eigenvalue weighted by atomic mass is 16.6. The van der Waals surface area contributed by atoms with Crippen molar-refractivity contribution in [3.63, 3.8) is 0 Å². The first kappa shape index (κ1) is 17.8. The number of fused-ring (bicyclic) bond motifs is 1. The van der Waals surface area contributed by atoms with Crippen molar-refractivity contribution in [3.8, 4) is 0 Å². The highest BCUT2D eigenvalue weighted by molar-refractivity contribution is 5.84. The smallest absolute Gasteiger partial charge is 0.224 e.